The Hall–Kier alpha value is -0.0400. The van der Waals surface area contributed by atoms with Crippen LogP contribution in [0.4, 0.5) is 0 Å². The first kappa shape index (κ1) is 12.0. The van der Waals surface area contributed by atoms with E-state index in [1.54, 1.807) is 0 Å². The van der Waals surface area contributed by atoms with Crippen molar-refractivity contribution in [2.24, 2.45) is 11.3 Å². The molecule has 1 aliphatic rings. The van der Waals surface area contributed by atoms with E-state index in [1.165, 1.54) is 45.3 Å². The second-order valence-corrected chi connectivity index (χ2v) is 6.04. The topological polar surface area (TPSA) is 3.01 Å². The first-order valence-electron chi connectivity index (χ1n) is 6.22. The van der Waals surface area contributed by atoms with Crippen molar-refractivity contribution in [1.82, 2.24) is 4.90 Å². The highest BCUT2D eigenvalue weighted by atomic mass is 15.2. The minimum atomic E-state index is 0.567. The molecule has 0 saturated carbocycles. The van der Waals surface area contributed by atoms with E-state index in [0.29, 0.717) is 5.41 Å². The van der Waals surface area contributed by atoms with Crippen LogP contribution in [0.25, 0.3) is 0 Å². The highest BCUT2D eigenvalue weighted by Crippen LogP contribution is 2.29. The molecule has 0 atom stereocenters. The van der Waals surface area contributed by atoms with Crippen LogP contribution in [-0.4, -0.2) is 24.5 Å². The van der Waals surface area contributed by atoms with Gasteiger partial charge >= 0.3 is 0 Å². The van der Waals surface area contributed by atoms with Gasteiger partial charge < -0.3 is 4.90 Å². The molecule has 0 aromatic carbocycles. The smallest absolute Gasteiger partial charge is 0.0110 e. The van der Waals surface area contributed by atoms with Crippen LogP contribution in [0.2, 0.25) is 0 Å². The van der Waals surface area contributed by atoms with Crippen LogP contribution in [0.3, 0.4) is 0 Å². The zero-order valence-corrected chi connectivity index (χ0v) is 10.5. The van der Waals surface area contributed by atoms with Gasteiger partial charge in [0, 0.05) is 13.1 Å². The van der Waals surface area contributed by atoms with Gasteiger partial charge in [-0.05, 0) is 30.7 Å². The molecule has 1 rings (SSSR count). The largest absolute Gasteiger partial charge is 0.301 e. The zero-order valence-electron chi connectivity index (χ0n) is 10.5. The van der Waals surface area contributed by atoms with Gasteiger partial charge in [0.2, 0.25) is 0 Å². The second-order valence-electron chi connectivity index (χ2n) is 6.04. The van der Waals surface area contributed by atoms with Gasteiger partial charge in [-0.2, -0.15) is 0 Å². The molecule has 0 aliphatic carbocycles. The molecule has 84 valence electrons. The molecule has 0 bridgehead atoms. The van der Waals surface area contributed by atoms with Crippen LogP contribution < -0.4 is 0 Å². The predicted octanol–water partition coefficient (Wildman–Crippen LogP) is 3.54. The van der Waals surface area contributed by atoms with Crippen molar-refractivity contribution in [3.63, 3.8) is 0 Å². The molecule has 0 spiro atoms. The van der Waals surface area contributed by atoms with E-state index in [0.717, 1.165) is 5.92 Å². The average molecular weight is 197 g/mol. The summed E-state index contributed by atoms with van der Waals surface area (Å²) in [5.41, 5.74) is 0.567. The van der Waals surface area contributed by atoms with Crippen LogP contribution in [0.1, 0.15) is 53.4 Å². The number of hydrogen-bond acceptors (Lipinski definition) is 1. The van der Waals surface area contributed by atoms with Crippen molar-refractivity contribution in [3.8, 4) is 0 Å². The molecule has 0 amide bonds. The normalized spacial score (nSPS) is 17.8. The predicted molar refractivity (Wildman–Crippen MR) is 63.5 cm³/mol. The molecule has 0 radical (unpaired) electrons. The molecule has 1 aliphatic heterocycles. The van der Waals surface area contributed by atoms with Gasteiger partial charge in [-0.25, -0.2) is 0 Å². The van der Waals surface area contributed by atoms with Crippen molar-refractivity contribution >= 4 is 0 Å². The van der Waals surface area contributed by atoms with Gasteiger partial charge in [0.1, 0.15) is 0 Å². The molecule has 14 heavy (non-hydrogen) atoms. The fourth-order valence-electron chi connectivity index (χ4n) is 1.87. The Labute approximate surface area is 89.9 Å². The lowest BCUT2D eigenvalue weighted by molar-refractivity contribution is 0.269. The molecular weight excluding hydrogens is 170 g/mol. The highest BCUT2D eigenvalue weighted by Gasteiger charge is 2.22. The summed E-state index contributed by atoms with van der Waals surface area (Å²) in [6.45, 7) is 13.5. The van der Waals surface area contributed by atoms with Crippen LogP contribution >= 0.6 is 0 Å². The monoisotopic (exact) mass is 197 g/mol. The van der Waals surface area contributed by atoms with Crippen LogP contribution in [-0.2, 0) is 0 Å². The Kier molecular flexibility index (Phi) is 4.43. The van der Waals surface area contributed by atoms with Crippen molar-refractivity contribution < 1.29 is 0 Å². The summed E-state index contributed by atoms with van der Waals surface area (Å²) in [6, 6.07) is 0. The van der Waals surface area contributed by atoms with E-state index in [2.05, 4.69) is 32.6 Å². The maximum Gasteiger partial charge on any atom is 0.0110 e. The van der Waals surface area contributed by atoms with Gasteiger partial charge in [0.15, 0.2) is 0 Å². The first-order valence-corrected chi connectivity index (χ1v) is 6.22. The quantitative estimate of drug-likeness (QED) is 0.564. The molecule has 0 N–H and O–H groups in total. The molecule has 0 aromatic heterocycles. The molecule has 1 heteroatoms. The Bertz CT molecular complexity index is 157. The zero-order chi connectivity index (χ0) is 10.6. The lowest BCUT2D eigenvalue weighted by Crippen LogP contribution is -2.16. The Balaban J connectivity index is 2.05. The third-order valence-electron chi connectivity index (χ3n) is 3.28. The SMILES string of the molecule is CC(C)CCCC(C)(C)CCN1CC1. The summed E-state index contributed by atoms with van der Waals surface area (Å²) >= 11 is 0. The first-order chi connectivity index (χ1) is 6.49. The van der Waals surface area contributed by atoms with Crippen LogP contribution in [0, 0.1) is 11.3 Å². The molecule has 0 aromatic rings. The summed E-state index contributed by atoms with van der Waals surface area (Å²) in [7, 11) is 0. The van der Waals surface area contributed by atoms with Gasteiger partial charge in [-0.1, -0.05) is 40.5 Å². The van der Waals surface area contributed by atoms with Crippen molar-refractivity contribution in [3.05, 3.63) is 0 Å². The Morgan fingerprint density at radius 3 is 2.29 bits per heavy atom. The summed E-state index contributed by atoms with van der Waals surface area (Å²) < 4.78 is 0. The van der Waals surface area contributed by atoms with Crippen molar-refractivity contribution in [2.45, 2.75) is 53.4 Å². The maximum atomic E-state index is 2.53. The molecule has 1 saturated heterocycles. The minimum absolute atomic E-state index is 0.567. The molecule has 1 nitrogen and oxygen atoms in total. The Morgan fingerprint density at radius 1 is 1.14 bits per heavy atom. The highest BCUT2D eigenvalue weighted by molar-refractivity contribution is 4.77. The van der Waals surface area contributed by atoms with E-state index < -0.39 is 0 Å². The average Bonchev–Trinajstić information content (AvgIpc) is 2.82. The number of rotatable bonds is 7. The summed E-state index contributed by atoms with van der Waals surface area (Å²) in [5, 5.41) is 0. The molecular formula is C13H27N. The molecule has 1 heterocycles. The van der Waals surface area contributed by atoms with Gasteiger partial charge in [0.25, 0.3) is 0 Å². The van der Waals surface area contributed by atoms with Gasteiger partial charge in [-0.15, -0.1) is 0 Å². The summed E-state index contributed by atoms with van der Waals surface area (Å²) in [6.07, 6.45) is 5.59. The fourth-order valence-corrected chi connectivity index (χ4v) is 1.87. The third kappa shape index (κ3) is 5.64. The lowest BCUT2D eigenvalue weighted by atomic mass is 9.83. The standard InChI is InChI=1S/C13H27N/c1-12(2)6-5-7-13(3,4)8-9-14-10-11-14/h12H,5-11H2,1-4H3. The summed E-state index contributed by atoms with van der Waals surface area (Å²) in [5.74, 6) is 0.873. The van der Waals surface area contributed by atoms with Crippen LogP contribution in [0.5, 0.6) is 0 Å². The maximum absolute atomic E-state index is 2.53. The van der Waals surface area contributed by atoms with Crippen molar-refractivity contribution in [2.75, 3.05) is 19.6 Å². The van der Waals surface area contributed by atoms with Crippen molar-refractivity contribution in [1.29, 1.82) is 0 Å². The van der Waals surface area contributed by atoms with E-state index in [-0.39, 0.29) is 0 Å². The van der Waals surface area contributed by atoms with Gasteiger partial charge in [0.05, 0.1) is 0 Å². The Morgan fingerprint density at radius 2 is 1.79 bits per heavy atom. The van der Waals surface area contributed by atoms with E-state index in [1.807, 2.05) is 0 Å². The second kappa shape index (κ2) is 5.16. The van der Waals surface area contributed by atoms with E-state index >= 15 is 0 Å². The molecule has 0 unspecified atom stereocenters. The van der Waals surface area contributed by atoms with Crippen LogP contribution in [0.15, 0.2) is 0 Å². The van der Waals surface area contributed by atoms with E-state index in [4.69, 9.17) is 0 Å². The lowest BCUT2D eigenvalue weighted by Gasteiger charge is -2.25. The fraction of sp³-hybridized carbons (Fsp3) is 1.00. The third-order valence-corrected chi connectivity index (χ3v) is 3.28. The minimum Gasteiger partial charge on any atom is -0.301 e. The summed E-state index contributed by atoms with van der Waals surface area (Å²) in [4.78, 5) is 2.53. The number of nitrogens with zero attached hydrogens (tertiary/aromatic N) is 1. The van der Waals surface area contributed by atoms with Gasteiger partial charge in [-0.3, -0.25) is 0 Å². The number of hydrogen-bond donors (Lipinski definition) is 0. The molecule has 1 fully saturated rings. The van der Waals surface area contributed by atoms with E-state index in [9.17, 15) is 0 Å².